The van der Waals surface area contributed by atoms with Gasteiger partial charge in [0.1, 0.15) is 11.4 Å². The van der Waals surface area contributed by atoms with Crippen molar-refractivity contribution in [1.29, 1.82) is 0 Å². The van der Waals surface area contributed by atoms with Crippen LogP contribution in [-0.4, -0.2) is 67.4 Å². The summed E-state index contributed by atoms with van der Waals surface area (Å²) in [5.74, 6) is 0.608. The van der Waals surface area contributed by atoms with Gasteiger partial charge in [0.2, 0.25) is 11.9 Å². The highest BCUT2D eigenvalue weighted by atomic mass is 19.3. The summed E-state index contributed by atoms with van der Waals surface area (Å²) in [5, 5.41) is 0.486. The van der Waals surface area contributed by atoms with Gasteiger partial charge >= 0.3 is 6.61 Å². The fourth-order valence-electron chi connectivity index (χ4n) is 5.04. The molecule has 1 amide bonds. The van der Waals surface area contributed by atoms with Gasteiger partial charge in [-0.3, -0.25) is 23.9 Å². The smallest absolute Gasteiger partial charge is 0.387 e. The molecule has 1 aromatic carbocycles. The maximum absolute atomic E-state index is 13.0. The van der Waals surface area contributed by atoms with Gasteiger partial charge in [0.05, 0.1) is 17.4 Å². The van der Waals surface area contributed by atoms with Gasteiger partial charge in [-0.05, 0) is 43.7 Å². The largest absolute Gasteiger partial charge is 0.433 e. The number of rotatable bonds is 6. The molecule has 0 N–H and O–H groups in total. The van der Waals surface area contributed by atoms with Crippen molar-refractivity contribution >= 4 is 22.8 Å². The Morgan fingerprint density at radius 2 is 1.87 bits per heavy atom. The summed E-state index contributed by atoms with van der Waals surface area (Å²) in [6.07, 6.45) is 3.46. The average Bonchev–Trinajstić information content (AvgIpc) is 3.14. The molecule has 4 aromatic rings. The Hall–Kier alpha value is -4.35. The Morgan fingerprint density at radius 3 is 2.54 bits per heavy atom. The van der Waals surface area contributed by atoms with E-state index >= 15 is 0 Å². The molecule has 5 rings (SSSR count). The van der Waals surface area contributed by atoms with E-state index in [1.807, 2.05) is 24.0 Å². The van der Waals surface area contributed by atoms with Gasteiger partial charge in [-0.1, -0.05) is 6.07 Å². The predicted octanol–water partition coefficient (Wildman–Crippen LogP) is 3.21. The van der Waals surface area contributed by atoms with Crippen LogP contribution in [0.4, 0.5) is 14.7 Å². The molecule has 0 unspecified atom stereocenters. The quantitative estimate of drug-likeness (QED) is 0.373. The minimum Gasteiger partial charge on any atom is -0.433 e. The summed E-state index contributed by atoms with van der Waals surface area (Å²) in [6.45, 7) is 4.31. The van der Waals surface area contributed by atoms with Gasteiger partial charge in [-0.2, -0.15) is 8.78 Å². The summed E-state index contributed by atoms with van der Waals surface area (Å²) < 4.78 is 33.8. The molecule has 12 heteroatoms. The molecule has 0 saturated carbocycles. The van der Waals surface area contributed by atoms with Crippen molar-refractivity contribution in [3.05, 3.63) is 64.5 Å². The third-order valence-electron chi connectivity index (χ3n) is 7.04. The minimum atomic E-state index is -2.99. The van der Waals surface area contributed by atoms with Gasteiger partial charge in [0.15, 0.2) is 0 Å². The molecule has 1 fully saturated rings. The van der Waals surface area contributed by atoms with Crippen molar-refractivity contribution in [2.75, 3.05) is 24.5 Å². The zero-order valence-electron chi connectivity index (χ0n) is 22.1. The maximum Gasteiger partial charge on any atom is 0.387 e. The molecule has 3 aromatic heterocycles. The molecule has 10 nitrogen and oxygen atoms in total. The van der Waals surface area contributed by atoms with E-state index in [2.05, 4.69) is 24.6 Å². The van der Waals surface area contributed by atoms with Crippen LogP contribution in [0, 0.1) is 6.92 Å². The van der Waals surface area contributed by atoms with Crippen LogP contribution in [-0.2, 0) is 18.4 Å². The van der Waals surface area contributed by atoms with Crippen LogP contribution in [0.5, 0.6) is 5.75 Å². The van der Waals surface area contributed by atoms with Gasteiger partial charge in [-0.15, -0.1) is 0 Å². The van der Waals surface area contributed by atoms with E-state index in [4.69, 9.17) is 0 Å². The Labute approximate surface area is 223 Å². The van der Waals surface area contributed by atoms with E-state index in [0.29, 0.717) is 47.9 Å². The van der Waals surface area contributed by atoms with Crippen molar-refractivity contribution in [3.63, 3.8) is 0 Å². The summed E-state index contributed by atoms with van der Waals surface area (Å²) >= 11 is 0. The lowest BCUT2D eigenvalue weighted by atomic mass is 10.1. The normalized spacial score (nSPS) is 15.8. The summed E-state index contributed by atoms with van der Waals surface area (Å²) in [6, 6.07) is 8.53. The molecule has 39 heavy (non-hydrogen) atoms. The highest BCUT2D eigenvalue weighted by Crippen LogP contribution is 2.26. The number of halogens is 2. The second-order valence-corrected chi connectivity index (χ2v) is 9.67. The van der Waals surface area contributed by atoms with Gasteiger partial charge in [0.25, 0.3) is 5.56 Å². The lowest BCUT2D eigenvalue weighted by molar-refractivity contribution is -0.131. The van der Waals surface area contributed by atoms with Crippen LogP contribution < -0.4 is 15.2 Å². The lowest BCUT2D eigenvalue weighted by Gasteiger charge is -2.39. The first-order valence-corrected chi connectivity index (χ1v) is 12.6. The number of pyridine rings is 1. The summed E-state index contributed by atoms with van der Waals surface area (Å²) in [4.78, 5) is 42.1. The van der Waals surface area contributed by atoms with Crippen LogP contribution in [0.3, 0.4) is 0 Å². The number of fused-ring (bicyclic) bond motifs is 1. The second-order valence-electron chi connectivity index (χ2n) is 9.67. The number of nitrogens with zero attached hydrogens (tertiary/aromatic N) is 7. The standard InChI is InChI=1S/C27H29F2N7O3/c1-16-5-8-24(39-26(28)29)22(32-16)15-36-23-11-19(6-7-21(23)25(38)33(36)4)20-12-30-27(31-13-20)34-9-10-35(18(3)37)17(2)14-34/h5-8,11-13,17,26H,9-10,14-15H2,1-4H3/t17-/m1/s1. The summed E-state index contributed by atoms with van der Waals surface area (Å²) in [5.41, 5.74) is 2.89. The molecule has 204 valence electrons. The Balaban J connectivity index is 1.45. The van der Waals surface area contributed by atoms with Crippen molar-refractivity contribution < 1.29 is 18.3 Å². The Morgan fingerprint density at radius 1 is 1.13 bits per heavy atom. The van der Waals surface area contributed by atoms with E-state index in [1.54, 1.807) is 50.1 Å². The minimum absolute atomic E-state index is 0.0384. The molecule has 0 aliphatic carbocycles. The number of aromatic nitrogens is 5. The van der Waals surface area contributed by atoms with E-state index in [9.17, 15) is 18.4 Å². The van der Waals surface area contributed by atoms with Crippen molar-refractivity contribution in [2.45, 2.75) is 40.0 Å². The molecule has 1 atom stereocenters. The van der Waals surface area contributed by atoms with Crippen molar-refractivity contribution in [2.24, 2.45) is 7.05 Å². The zero-order chi connectivity index (χ0) is 27.8. The molecular formula is C27H29F2N7O3. The monoisotopic (exact) mass is 537 g/mol. The molecule has 4 heterocycles. The number of carbonyl (C=O) groups excluding carboxylic acids is 1. The van der Waals surface area contributed by atoms with Gasteiger partial charge in [0, 0.05) is 63.3 Å². The van der Waals surface area contributed by atoms with Crippen LogP contribution in [0.1, 0.15) is 25.2 Å². The second kappa shape index (κ2) is 10.4. The van der Waals surface area contributed by atoms with Gasteiger partial charge in [-0.25, -0.2) is 9.97 Å². The van der Waals surface area contributed by atoms with E-state index in [1.165, 1.54) is 10.7 Å². The van der Waals surface area contributed by atoms with Gasteiger partial charge < -0.3 is 14.5 Å². The highest BCUT2D eigenvalue weighted by Gasteiger charge is 2.26. The Bertz CT molecular complexity index is 1580. The van der Waals surface area contributed by atoms with E-state index < -0.39 is 6.61 Å². The number of hydrogen-bond acceptors (Lipinski definition) is 7. The molecular weight excluding hydrogens is 508 g/mol. The number of benzene rings is 1. The molecule has 1 saturated heterocycles. The average molecular weight is 538 g/mol. The fraction of sp³-hybridized carbons (Fsp3) is 0.370. The number of amides is 1. The first kappa shape index (κ1) is 26.3. The highest BCUT2D eigenvalue weighted by molar-refractivity contribution is 5.84. The Kier molecular flexibility index (Phi) is 7.02. The molecule has 1 aliphatic heterocycles. The molecule has 0 bridgehead atoms. The maximum atomic E-state index is 13.0. The number of hydrogen-bond donors (Lipinski definition) is 0. The molecule has 0 spiro atoms. The fourth-order valence-corrected chi connectivity index (χ4v) is 5.04. The van der Waals surface area contributed by atoms with Crippen molar-refractivity contribution in [1.82, 2.24) is 29.2 Å². The van der Waals surface area contributed by atoms with Crippen LogP contribution in [0.25, 0.3) is 22.0 Å². The van der Waals surface area contributed by atoms with Crippen LogP contribution in [0.2, 0.25) is 0 Å². The zero-order valence-corrected chi connectivity index (χ0v) is 22.1. The first-order valence-electron chi connectivity index (χ1n) is 12.6. The number of anilines is 1. The van der Waals surface area contributed by atoms with Crippen LogP contribution in [0.15, 0.2) is 47.5 Å². The van der Waals surface area contributed by atoms with E-state index in [-0.39, 0.29) is 29.8 Å². The number of carbonyl (C=O) groups is 1. The van der Waals surface area contributed by atoms with E-state index in [0.717, 1.165) is 11.1 Å². The number of alkyl halides is 2. The topological polar surface area (TPSA) is 98.4 Å². The first-order chi connectivity index (χ1) is 18.6. The van der Waals surface area contributed by atoms with Crippen molar-refractivity contribution in [3.8, 4) is 16.9 Å². The summed E-state index contributed by atoms with van der Waals surface area (Å²) in [7, 11) is 1.62. The lowest BCUT2D eigenvalue weighted by Crippen LogP contribution is -2.53. The predicted molar refractivity (Wildman–Crippen MR) is 142 cm³/mol. The third-order valence-corrected chi connectivity index (χ3v) is 7.04. The number of ether oxygens (including phenoxy) is 1. The number of aryl methyl sites for hydroxylation is 1. The molecule has 0 radical (unpaired) electrons. The molecule has 1 aliphatic rings. The SMILES string of the molecule is CC(=O)N1CCN(c2ncc(-c3ccc4c(=O)n(C)n(Cc5nc(C)ccc5OC(F)F)c4c3)cn2)C[C@H]1C. The van der Waals surface area contributed by atoms with Crippen LogP contribution >= 0.6 is 0 Å². The third kappa shape index (κ3) is 5.18. The number of piperazine rings is 1.